The summed E-state index contributed by atoms with van der Waals surface area (Å²) in [5.74, 6) is 1.53. The first-order valence-corrected chi connectivity index (χ1v) is 8.05. The summed E-state index contributed by atoms with van der Waals surface area (Å²) < 4.78 is 0. The maximum absolute atomic E-state index is 6.03. The van der Waals surface area contributed by atoms with Crippen molar-refractivity contribution in [2.45, 2.75) is 31.8 Å². The Bertz CT molecular complexity index is 631. The van der Waals surface area contributed by atoms with Gasteiger partial charge in [-0.1, -0.05) is 24.3 Å². The highest BCUT2D eigenvalue weighted by atomic mass is 35.5. The average molecular weight is 304 g/mol. The molecule has 3 nitrogen and oxygen atoms in total. The monoisotopic (exact) mass is 303 g/mol. The van der Waals surface area contributed by atoms with Crippen molar-refractivity contribution in [1.29, 1.82) is 0 Å². The van der Waals surface area contributed by atoms with Crippen LogP contribution in [-0.4, -0.2) is 42.1 Å². The Morgan fingerprint density at radius 3 is 2.52 bits per heavy atom. The lowest BCUT2D eigenvalue weighted by Crippen LogP contribution is -2.55. The van der Waals surface area contributed by atoms with Crippen molar-refractivity contribution in [3.63, 3.8) is 0 Å². The van der Waals surface area contributed by atoms with Crippen LogP contribution < -0.4 is 4.90 Å². The van der Waals surface area contributed by atoms with E-state index in [4.69, 9.17) is 16.6 Å². The van der Waals surface area contributed by atoms with Gasteiger partial charge in [0.1, 0.15) is 5.82 Å². The molecule has 112 valence electrons. The molecule has 4 heteroatoms. The lowest BCUT2D eigenvalue weighted by molar-refractivity contribution is 0.170. The number of rotatable bonds is 2. The molecule has 3 rings (SSSR count). The van der Waals surface area contributed by atoms with E-state index >= 15 is 0 Å². The fraction of sp³-hybridized carbons (Fsp3) is 0.471. The normalized spacial score (nSPS) is 23.7. The fourth-order valence-electron chi connectivity index (χ4n) is 3.12. The molecule has 2 unspecified atom stereocenters. The van der Waals surface area contributed by atoms with E-state index in [1.165, 1.54) is 10.8 Å². The second-order valence-electron chi connectivity index (χ2n) is 6.06. The average Bonchev–Trinajstić information content (AvgIpc) is 2.51. The standard InChI is InChI=1S/C17H22ClN3/c1-12-10-21(11-13(2)20(12)3)17-16-7-5-4-6-14(16)8-15(9-18)19-17/h4-8,12-13H,9-11H2,1-3H3. The van der Waals surface area contributed by atoms with E-state index < -0.39 is 0 Å². The smallest absolute Gasteiger partial charge is 0.136 e. The summed E-state index contributed by atoms with van der Waals surface area (Å²) in [6.07, 6.45) is 0. The van der Waals surface area contributed by atoms with Gasteiger partial charge in [-0.15, -0.1) is 11.6 Å². The number of pyridine rings is 1. The first-order valence-electron chi connectivity index (χ1n) is 7.51. The molecule has 0 aliphatic carbocycles. The van der Waals surface area contributed by atoms with Crippen molar-refractivity contribution in [3.05, 3.63) is 36.0 Å². The van der Waals surface area contributed by atoms with Crippen LogP contribution >= 0.6 is 11.6 Å². The Balaban J connectivity index is 2.07. The third-order valence-electron chi connectivity index (χ3n) is 4.57. The molecule has 1 saturated heterocycles. The number of nitrogens with zero attached hydrogens (tertiary/aromatic N) is 3. The van der Waals surface area contributed by atoms with E-state index in [1.807, 2.05) is 0 Å². The Kier molecular flexibility index (Phi) is 4.05. The number of aromatic nitrogens is 1. The maximum atomic E-state index is 6.03. The van der Waals surface area contributed by atoms with Crippen LogP contribution in [0, 0.1) is 0 Å². The number of piperazine rings is 1. The van der Waals surface area contributed by atoms with Gasteiger partial charge in [-0.3, -0.25) is 4.90 Å². The highest BCUT2D eigenvalue weighted by Gasteiger charge is 2.28. The van der Waals surface area contributed by atoms with Crippen LogP contribution in [0.25, 0.3) is 10.8 Å². The van der Waals surface area contributed by atoms with Gasteiger partial charge in [0.15, 0.2) is 0 Å². The van der Waals surface area contributed by atoms with Gasteiger partial charge in [-0.05, 0) is 32.3 Å². The summed E-state index contributed by atoms with van der Waals surface area (Å²) in [5.41, 5.74) is 0.949. The van der Waals surface area contributed by atoms with Gasteiger partial charge >= 0.3 is 0 Å². The maximum Gasteiger partial charge on any atom is 0.136 e. The zero-order chi connectivity index (χ0) is 15.0. The van der Waals surface area contributed by atoms with Crippen LogP contribution in [0.4, 0.5) is 5.82 Å². The van der Waals surface area contributed by atoms with Crippen molar-refractivity contribution in [3.8, 4) is 0 Å². The Hall–Kier alpha value is -1.32. The fourth-order valence-corrected chi connectivity index (χ4v) is 3.26. The van der Waals surface area contributed by atoms with Crippen molar-refractivity contribution in [1.82, 2.24) is 9.88 Å². The van der Waals surface area contributed by atoms with Gasteiger partial charge in [0.25, 0.3) is 0 Å². The summed E-state index contributed by atoms with van der Waals surface area (Å²) in [6, 6.07) is 11.6. The summed E-state index contributed by atoms with van der Waals surface area (Å²) in [5, 5.41) is 2.44. The molecule has 0 radical (unpaired) electrons. The van der Waals surface area contributed by atoms with E-state index in [0.717, 1.165) is 24.6 Å². The minimum Gasteiger partial charge on any atom is -0.353 e. The van der Waals surface area contributed by atoms with E-state index in [1.54, 1.807) is 0 Å². The predicted octanol–water partition coefficient (Wildman–Crippen LogP) is 3.50. The third-order valence-corrected chi connectivity index (χ3v) is 4.84. The molecule has 2 aromatic rings. The number of alkyl halides is 1. The number of halogens is 1. The Labute approximate surface area is 131 Å². The van der Waals surface area contributed by atoms with Crippen LogP contribution in [0.5, 0.6) is 0 Å². The van der Waals surface area contributed by atoms with E-state index in [-0.39, 0.29) is 0 Å². The highest BCUT2D eigenvalue weighted by Crippen LogP contribution is 2.29. The lowest BCUT2D eigenvalue weighted by atomic mass is 10.1. The minimum absolute atomic E-state index is 0.455. The van der Waals surface area contributed by atoms with Gasteiger partial charge < -0.3 is 4.90 Å². The third kappa shape index (κ3) is 2.72. The SMILES string of the molecule is CC1CN(c2nc(CCl)cc3ccccc23)CC(C)N1C. The number of fused-ring (bicyclic) bond motifs is 1. The molecule has 1 fully saturated rings. The van der Waals surface area contributed by atoms with Crippen molar-refractivity contribution >= 4 is 28.2 Å². The number of hydrogen-bond acceptors (Lipinski definition) is 3. The molecule has 0 amide bonds. The molecule has 21 heavy (non-hydrogen) atoms. The van der Waals surface area contributed by atoms with Gasteiger partial charge in [0.2, 0.25) is 0 Å². The minimum atomic E-state index is 0.455. The van der Waals surface area contributed by atoms with Crippen LogP contribution in [-0.2, 0) is 5.88 Å². The van der Waals surface area contributed by atoms with Crippen LogP contribution in [0.2, 0.25) is 0 Å². The molecule has 1 aliphatic heterocycles. The van der Waals surface area contributed by atoms with Crippen molar-refractivity contribution < 1.29 is 0 Å². The molecule has 2 heterocycles. The molecule has 1 aliphatic rings. The second-order valence-corrected chi connectivity index (χ2v) is 6.33. The van der Waals surface area contributed by atoms with Gasteiger partial charge in [-0.2, -0.15) is 0 Å². The van der Waals surface area contributed by atoms with E-state index in [2.05, 4.69) is 61.0 Å². The highest BCUT2D eigenvalue weighted by molar-refractivity contribution is 6.17. The summed E-state index contributed by atoms with van der Waals surface area (Å²) in [6.45, 7) is 6.56. The van der Waals surface area contributed by atoms with Crippen LogP contribution in [0.1, 0.15) is 19.5 Å². The Morgan fingerprint density at radius 2 is 1.86 bits per heavy atom. The quantitative estimate of drug-likeness (QED) is 0.792. The molecular weight excluding hydrogens is 282 g/mol. The molecule has 0 N–H and O–H groups in total. The van der Waals surface area contributed by atoms with Crippen molar-refractivity contribution in [2.24, 2.45) is 0 Å². The number of benzene rings is 1. The molecule has 0 bridgehead atoms. The summed E-state index contributed by atoms with van der Waals surface area (Å²) in [4.78, 5) is 9.66. The number of anilines is 1. The molecule has 2 atom stereocenters. The molecular formula is C17H22ClN3. The second kappa shape index (κ2) is 5.82. The van der Waals surface area contributed by atoms with E-state index in [0.29, 0.717) is 18.0 Å². The molecule has 0 saturated carbocycles. The van der Waals surface area contributed by atoms with Crippen molar-refractivity contribution in [2.75, 3.05) is 25.0 Å². The Morgan fingerprint density at radius 1 is 1.19 bits per heavy atom. The van der Waals surface area contributed by atoms with Gasteiger partial charge in [0, 0.05) is 30.6 Å². The molecule has 0 spiro atoms. The van der Waals surface area contributed by atoms with Gasteiger partial charge in [-0.25, -0.2) is 4.98 Å². The molecule has 1 aromatic carbocycles. The number of likely N-dealkylation sites (N-methyl/N-ethyl adjacent to an activating group) is 1. The zero-order valence-electron chi connectivity index (χ0n) is 12.9. The summed E-state index contributed by atoms with van der Waals surface area (Å²) in [7, 11) is 2.20. The largest absolute Gasteiger partial charge is 0.353 e. The molecule has 1 aromatic heterocycles. The summed E-state index contributed by atoms with van der Waals surface area (Å²) >= 11 is 6.03. The lowest BCUT2D eigenvalue weighted by Gasteiger charge is -2.43. The topological polar surface area (TPSA) is 19.4 Å². The number of hydrogen-bond donors (Lipinski definition) is 0. The van der Waals surface area contributed by atoms with Gasteiger partial charge in [0.05, 0.1) is 11.6 Å². The predicted molar refractivity (Wildman–Crippen MR) is 90.2 cm³/mol. The van der Waals surface area contributed by atoms with Crippen LogP contribution in [0.3, 0.4) is 0 Å². The van der Waals surface area contributed by atoms with E-state index in [9.17, 15) is 0 Å². The zero-order valence-corrected chi connectivity index (χ0v) is 13.6. The first kappa shape index (κ1) is 14.6. The first-order chi connectivity index (χ1) is 10.1. The van der Waals surface area contributed by atoms with Crippen LogP contribution in [0.15, 0.2) is 30.3 Å².